The summed E-state index contributed by atoms with van der Waals surface area (Å²) in [7, 11) is 0. The molecule has 0 saturated heterocycles. The van der Waals surface area contributed by atoms with E-state index in [1.807, 2.05) is 0 Å². The molecular weight excluding hydrogens is 1170 g/mol. The second-order valence-electron chi connectivity index (χ2n) is 21.6. The molecule has 88 heavy (non-hydrogen) atoms. The van der Waals surface area contributed by atoms with Crippen LogP contribution < -0.4 is 18.9 Å². The smallest absolute Gasteiger partial charge is 0.200 e. The number of aromatic hydroxyl groups is 20. The van der Waals surface area contributed by atoms with Gasteiger partial charge in [0.05, 0.1) is 23.9 Å². The lowest BCUT2D eigenvalue weighted by molar-refractivity contribution is -0.00867. The van der Waals surface area contributed by atoms with Crippen molar-refractivity contribution in [3.05, 3.63) is 140 Å². The first kappa shape index (κ1) is 57.2. The Morgan fingerprint density at radius 3 is 0.886 bits per heavy atom. The molecule has 28 heteroatoms. The van der Waals surface area contributed by atoms with Crippen molar-refractivity contribution < 1.29 is 142 Å². The molecule has 0 bridgehead atoms. The third kappa shape index (κ3) is 8.67. The molecule has 458 valence electrons. The highest BCUT2D eigenvalue weighted by Gasteiger charge is 2.53. The average molecular weight is 1220 g/mol. The van der Waals surface area contributed by atoms with Gasteiger partial charge in [-0.25, -0.2) is 0 Å². The number of hydrogen-bond acceptors (Lipinski definition) is 28. The lowest BCUT2D eigenvalue weighted by Crippen LogP contribution is -2.40. The van der Waals surface area contributed by atoms with Crippen LogP contribution in [0.1, 0.15) is 103 Å². The second kappa shape index (κ2) is 20.2. The summed E-state index contributed by atoms with van der Waals surface area (Å²) in [6.45, 7) is 0. The van der Waals surface area contributed by atoms with Crippen molar-refractivity contribution in [2.45, 2.75) is 73.0 Å². The summed E-state index contributed by atoms with van der Waals surface area (Å²) in [4.78, 5) is 0. The van der Waals surface area contributed by atoms with Gasteiger partial charge in [0.25, 0.3) is 0 Å². The zero-order valence-corrected chi connectivity index (χ0v) is 44.4. The topological polar surface area (TPSA) is 522 Å². The first-order chi connectivity index (χ1) is 41.6. The van der Waals surface area contributed by atoms with Crippen LogP contribution in [0.2, 0.25) is 0 Å². The Morgan fingerprint density at radius 2 is 0.534 bits per heavy atom. The van der Waals surface area contributed by atoms with Crippen LogP contribution in [0.15, 0.2) is 78.9 Å². The molecule has 8 aromatic rings. The molecule has 0 aromatic heterocycles. The van der Waals surface area contributed by atoms with Crippen molar-refractivity contribution in [3.63, 3.8) is 0 Å². The number of fused-ring (bicyclic) bond motifs is 4. The maximum absolute atomic E-state index is 13.1. The highest BCUT2D eigenvalue weighted by molar-refractivity contribution is 5.74. The van der Waals surface area contributed by atoms with E-state index in [4.69, 9.17) is 18.9 Å². The van der Waals surface area contributed by atoms with E-state index in [1.165, 1.54) is 0 Å². The van der Waals surface area contributed by atoms with Gasteiger partial charge in [0.1, 0.15) is 87.3 Å². The number of hydrogen-bond donors (Lipinski definition) is 24. The Bertz CT molecular complexity index is 4170. The summed E-state index contributed by atoms with van der Waals surface area (Å²) in [5, 5.41) is 273. The molecule has 0 fully saturated rings. The quantitative estimate of drug-likeness (QED) is 0.0960. The van der Waals surface area contributed by atoms with Gasteiger partial charge in [0, 0.05) is 98.0 Å². The highest BCUT2D eigenvalue weighted by atomic mass is 16.5. The Morgan fingerprint density at radius 1 is 0.261 bits per heavy atom. The van der Waals surface area contributed by atoms with Gasteiger partial charge >= 0.3 is 0 Å². The summed E-state index contributed by atoms with van der Waals surface area (Å²) in [6, 6.07) is 10.5. The Hall–Kier alpha value is -11.2. The van der Waals surface area contributed by atoms with E-state index in [0.717, 1.165) is 66.7 Å². The van der Waals surface area contributed by atoms with Crippen LogP contribution in [0.4, 0.5) is 0 Å². The number of ether oxygens (including phenoxy) is 4. The summed E-state index contributed by atoms with van der Waals surface area (Å²) < 4.78 is 25.4. The molecular formula is C60H50O28. The molecule has 11 atom stereocenters. The van der Waals surface area contributed by atoms with Crippen molar-refractivity contribution in [2.24, 2.45) is 0 Å². The average Bonchev–Trinajstić information content (AvgIpc) is 0.873. The second-order valence-corrected chi connectivity index (χ2v) is 21.6. The molecule has 0 amide bonds. The maximum atomic E-state index is 13.1. The largest absolute Gasteiger partial charge is 0.508 e. The number of aliphatic hydroxyl groups is 4. The van der Waals surface area contributed by atoms with Crippen LogP contribution in [0.5, 0.6) is 138 Å². The Balaban J connectivity index is 1.15. The van der Waals surface area contributed by atoms with Gasteiger partial charge in [-0.3, -0.25) is 0 Å². The van der Waals surface area contributed by atoms with Gasteiger partial charge in [0.2, 0.25) is 0 Å². The van der Waals surface area contributed by atoms with Gasteiger partial charge in [-0.05, 0) is 48.5 Å². The van der Waals surface area contributed by atoms with Crippen molar-refractivity contribution in [3.8, 4) is 138 Å². The Labute approximate surface area is 491 Å². The first-order valence-electron chi connectivity index (χ1n) is 26.3. The molecule has 0 aliphatic carbocycles. The van der Waals surface area contributed by atoms with Gasteiger partial charge in [-0.1, -0.05) is 0 Å². The SMILES string of the molecule is Oc1cc(O)c2c(c1)O[C@H](c1cc(O)c(O)c(O)c1)[C@H](O)[C@@H]2c1c(O)cc(O)c2c1O[C@H](c1cc(O)c(O)c(O)c1)[C@H](O)[C@H]2c1c(O)cc(O)c2c1O[C@H](c1cc(O)c(O)c(O)c1)[C@H](O)[C@H]2c1c(O)cc(O)c2c1O[C@@H](c1cc(O)c(O)c(O)c1)[C@@H](O)C2. The molecule has 4 aliphatic heterocycles. The van der Waals surface area contributed by atoms with E-state index in [-0.39, 0.29) is 16.7 Å². The molecule has 8 aromatic carbocycles. The van der Waals surface area contributed by atoms with E-state index in [2.05, 4.69) is 0 Å². The molecule has 0 unspecified atom stereocenters. The third-order valence-electron chi connectivity index (χ3n) is 16.4. The molecule has 12 rings (SSSR count). The molecule has 28 nitrogen and oxygen atoms in total. The fraction of sp³-hybridized carbons (Fsp3) is 0.200. The number of benzene rings is 8. The number of aliphatic hydroxyl groups excluding tert-OH is 4. The molecule has 0 saturated carbocycles. The van der Waals surface area contributed by atoms with Crippen molar-refractivity contribution in [2.75, 3.05) is 0 Å². The van der Waals surface area contributed by atoms with Crippen molar-refractivity contribution in [1.82, 2.24) is 0 Å². The van der Waals surface area contributed by atoms with Crippen molar-refractivity contribution in [1.29, 1.82) is 0 Å². The van der Waals surface area contributed by atoms with E-state index in [9.17, 15) is 123 Å². The number of phenols is 20. The van der Waals surface area contributed by atoms with Crippen LogP contribution in [-0.4, -0.2) is 147 Å². The summed E-state index contributed by atoms with van der Waals surface area (Å²) in [5.74, 6) is -28.0. The molecule has 0 spiro atoms. The maximum Gasteiger partial charge on any atom is 0.200 e. The minimum atomic E-state index is -2.36. The third-order valence-corrected chi connectivity index (χ3v) is 16.4. The number of rotatable bonds is 7. The van der Waals surface area contributed by atoms with Crippen LogP contribution in [0, 0.1) is 0 Å². The summed E-state index contributed by atoms with van der Waals surface area (Å²) >= 11 is 0. The Kier molecular flexibility index (Phi) is 13.2. The fourth-order valence-electron chi connectivity index (χ4n) is 12.5. The minimum absolute atomic E-state index is 0.211. The fourth-order valence-corrected chi connectivity index (χ4v) is 12.5. The predicted octanol–water partition coefficient (Wildman–Crippen LogP) is 4.72. The summed E-state index contributed by atoms with van der Waals surface area (Å²) in [6.07, 6.45) is -16.7. The van der Waals surface area contributed by atoms with Gasteiger partial charge in [-0.2, -0.15) is 0 Å². The standard InChI is InChI=1S/C60H50O28/c61-19-9-22(63)38-37(10-19)85-55(16-3-30(71)48(79)31(72)4-16)51(82)44(38)40-24(65)13-26(67)42-46(53(84)57(87-59(40)42)18-7-34(75)50(81)35(76)8-18)43-27(68)14-25(66)41-45(52(83)56(88-60(41)43)17-5-32(73)49(80)33(74)6-17)39-23(64)12-21(62)20-11-36(77)54(86-58(20)39)15-1-28(69)47(78)29(70)2-15/h1-10,12-14,36,44-46,51-57,61-84H,11H2/t36-,44-,45-,46+,51+,52+,53+,54-,55+,56+,57+/m0/s1. The monoisotopic (exact) mass is 1220 g/mol. The van der Waals surface area contributed by atoms with E-state index in [0.29, 0.717) is 12.1 Å². The highest BCUT2D eigenvalue weighted by Crippen LogP contribution is 2.65. The normalized spacial score (nSPS) is 23.4. The minimum Gasteiger partial charge on any atom is -0.508 e. The zero-order chi connectivity index (χ0) is 63.3. The molecule has 24 N–H and O–H groups in total. The van der Waals surface area contributed by atoms with E-state index in [1.54, 1.807) is 0 Å². The van der Waals surface area contributed by atoms with E-state index >= 15 is 0 Å². The number of phenolic OH excluding ortho intramolecular Hbond substituents is 20. The van der Waals surface area contributed by atoms with Gasteiger partial charge in [0.15, 0.2) is 93.4 Å². The van der Waals surface area contributed by atoms with Crippen LogP contribution in [0.25, 0.3) is 0 Å². The zero-order valence-electron chi connectivity index (χ0n) is 44.4. The first-order valence-corrected chi connectivity index (χ1v) is 26.3. The van der Waals surface area contributed by atoms with Gasteiger partial charge in [-0.15, -0.1) is 0 Å². The van der Waals surface area contributed by atoms with Gasteiger partial charge < -0.3 is 142 Å². The van der Waals surface area contributed by atoms with Crippen LogP contribution in [-0.2, 0) is 6.42 Å². The molecule has 4 aliphatic rings. The van der Waals surface area contributed by atoms with E-state index < -0.39 is 256 Å². The lowest BCUT2D eigenvalue weighted by Gasteiger charge is -2.44. The van der Waals surface area contributed by atoms with Crippen LogP contribution >= 0.6 is 0 Å². The molecule has 4 heterocycles. The lowest BCUT2D eigenvalue weighted by atomic mass is 9.72. The van der Waals surface area contributed by atoms with Crippen LogP contribution in [0.3, 0.4) is 0 Å². The summed E-state index contributed by atoms with van der Waals surface area (Å²) in [5.41, 5.74) is -5.47. The predicted molar refractivity (Wildman–Crippen MR) is 292 cm³/mol. The molecule has 0 radical (unpaired) electrons. The van der Waals surface area contributed by atoms with Crippen molar-refractivity contribution >= 4 is 0 Å².